The molecule has 1 aliphatic rings. The highest BCUT2D eigenvalue weighted by molar-refractivity contribution is 5.80. The summed E-state index contributed by atoms with van der Waals surface area (Å²) in [5.41, 5.74) is 1.38. The normalized spacial score (nSPS) is 16.0. The molecule has 1 N–H and O–H groups in total. The molecule has 12 nitrogen and oxygen atoms in total. The number of likely N-dealkylation sites (tertiary alicyclic amines) is 1. The van der Waals surface area contributed by atoms with Crippen LogP contribution in [0.15, 0.2) is 54.6 Å². The lowest BCUT2D eigenvalue weighted by Gasteiger charge is -2.32. The van der Waals surface area contributed by atoms with Gasteiger partial charge in [-0.1, -0.05) is 48.5 Å². The second-order valence-corrected chi connectivity index (χ2v) is 9.91. The van der Waals surface area contributed by atoms with Crippen molar-refractivity contribution in [2.24, 2.45) is 0 Å². The zero-order valence-electron chi connectivity index (χ0n) is 24.3. The molecule has 0 unspecified atom stereocenters. The third-order valence-corrected chi connectivity index (χ3v) is 7.02. The molecule has 12 heteroatoms. The van der Waals surface area contributed by atoms with E-state index < -0.39 is 4.92 Å². The SMILES string of the molecule is CN(C(=O)Cc1ccccc1[N+](=O)[O-])[C@H](CN1CC[C@H](OCCOCCOCCOCCOCO)C1)c1ccccc1. The number of hydrogen-bond donors (Lipinski definition) is 1. The molecule has 1 amide bonds. The summed E-state index contributed by atoms with van der Waals surface area (Å²) >= 11 is 0. The number of nitrogens with zero attached hydrogens (tertiary/aromatic N) is 3. The molecule has 0 radical (unpaired) electrons. The fraction of sp³-hybridized carbons (Fsp3) is 0.567. The second kappa shape index (κ2) is 19.3. The van der Waals surface area contributed by atoms with E-state index in [1.807, 2.05) is 30.3 Å². The number of ether oxygens (including phenoxy) is 5. The van der Waals surface area contributed by atoms with Crippen LogP contribution in [-0.4, -0.2) is 118 Å². The van der Waals surface area contributed by atoms with Gasteiger partial charge in [0.15, 0.2) is 0 Å². The van der Waals surface area contributed by atoms with E-state index in [1.54, 1.807) is 30.1 Å². The summed E-state index contributed by atoms with van der Waals surface area (Å²) in [5, 5.41) is 19.9. The zero-order chi connectivity index (χ0) is 30.0. The summed E-state index contributed by atoms with van der Waals surface area (Å²) in [6.45, 7) is 5.53. The number of nitro benzene ring substituents is 1. The van der Waals surface area contributed by atoms with Gasteiger partial charge < -0.3 is 33.7 Å². The first-order valence-electron chi connectivity index (χ1n) is 14.3. The number of carbonyl (C=O) groups excluding carboxylic acids is 1. The number of amides is 1. The van der Waals surface area contributed by atoms with E-state index in [4.69, 9.17) is 28.8 Å². The van der Waals surface area contributed by atoms with Crippen LogP contribution < -0.4 is 0 Å². The van der Waals surface area contributed by atoms with Gasteiger partial charge in [0.05, 0.1) is 76.3 Å². The lowest BCUT2D eigenvalue weighted by Crippen LogP contribution is -2.39. The summed E-state index contributed by atoms with van der Waals surface area (Å²) in [5.74, 6) is -0.175. The Morgan fingerprint density at radius 3 is 2.19 bits per heavy atom. The first-order chi connectivity index (χ1) is 20.5. The summed E-state index contributed by atoms with van der Waals surface area (Å²) in [4.78, 5) is 28.3. The molecule has 2 atom stereocenters. The number of likely N-dealkylation sites (N-methyl/N-ethyl adjacent to an activating group) is 1. The van der Waals surface area contributed by atoms with Crippen LogP contribution in [0.5, 0.6) is 0 Å². The van der Waals surface area contributed by atoms with E-state index >= 15 is 0 Å². The maximum atomic E-state index is 13.3. The Kier molecular flexibility index (Phi) is 15.4. The first-order valence-corrected chi connectivity index (χ1v) is 14.3. The highest BCUT2D eigenvalue weighted by Crippen LogP contribution is 2.26. The standard InChI is InChI=1S/C30H43N3O9/c1-31(30(35)21-26-9-5-6-10-28(26)33(36)37)29(25-7-3-2-4-8-25)23-32-12-11-27(22-32)42-20-19-40-16-15-38-13-14-39-17-18-41-24-34/h2-10,27,29,34H,11-24H2,1H3/t27-,29+/m0/s1. The molecule has 42 heavy (non-hydrogen) atoms. The molecule has 0 spiro atoms. The number of nitro groups is 1. The maximum absolute atomic E-state index is 13.3. The van der Waals surface area contributed by atoms with E-state index in [0.717, 1.165) is 25.1 Å². The van der Waals surface area contributed by atoms with Gasteiger partial charge in [0, 0.05) is 38.3 Å². The molecule has 2 aromatic rings. The smallest absolute Gasteiger partial charge is 0.273 e. The van der Waals surface area contributed by atoms with Gasteiger partial charge in [-0.25, -0.2) is 0 Å². The highest BCUT2D eigenvalue weighted by Gasteiger charge is 2.30. The molecule has 0 aromatic heterocycles. The molecule has 0 saturated carbocycles. The Morgan fingerprint density at radius 2 is 1.55 bits per heavy atom. The lowest BCUT2D eigenvalue weighted by atomic mass is 10.0. The number of para-hydroxylation sites is 1. The molecule has 1 aliphatic heterocycles. The molecule has 0 bridgehead atoms. The molecule has 1 fully saturated rings. The van der Waals surface area contributed by atoms with Gasteiger partial charge in [-0.2, -0.15) is 0 Å². The van der Waals surface area contributed by atoms with Gasteiger partial charge in [-0.15, -0.1) is 0 Å². The number of aliphatic hydroxyl groups excluding tert-OH is 1. The van der Waals surface area contributed by atoms with Crippen molar-refractivity contribution in [3.8, 4) is 0 Å². The topological polar surface area (TPSA) is 133 Å². The van der Waals surface area contributed by atoms with Crippen LogP contribution in [0.4, 0.5) is 5.69 Å². The van der Waals surface area contributed by atoms with Crippen molar-refractivity contribution in [2.45, 2.75) is 25.0 Å². The molecule has 2 aromatic carbocycles. The molecule has 1 heterocycles. The van der Waals surface area contributed by atoms with Crippen molar-refractivity contribution in [1.82, 2.24) is 9.80 Å². The molecule has 3 rings (SSSR count). The Labute approximate surface area is 247 Å². The average molecular weight is 590 g/mol. The summed E-state index contributed by atoms with van der Waals surface area (Å²) < 4.78 is 27.1. The summed E-state index contributed by atoms with van der Waals surface area (Å²) in [6, 6.07) is 16.0. The highest BCUT2D eigenvalue weighted by atomic mass is 16.6. The van der Waals surface area contributed by atoms with Crippen molar-refractivity contribution in [2.75, 3.05) is 86.3 Å². The van der Waals surface area contributed by atoms with Crippen LogP contribution in [0, 0.1) is 10.1 Å². The van der Waals surface area contributed by atoms with Crippen LogP contribution in [-0.2, 0) is 34.9 Å². The largest absolute Gasteiger partial charge is 0.377 e. The van der Waals surface area contributed by atoms with Gasteiger partial charge in [0.2, 0.25) is 5.91 Å². The Bertz CT molecular complexity index is 1060. The van der Waals surface area contributed by atoms with E-state index in [-0.39, 0.29) is 37.0 Å². The van der Waals surface area contributed by atoms with Crippen LogP contribution >= 0.6 is 0 Å². The number of carbonyl (C=O) groups is 1. The van der Waals surface area contributed by atoms with Gasteiger partial charge in [-0.05, 0) is 12.0 Å². The minimum atomic E-state index is -0.447. The van der Waals surface area contributed by atoms with E-state index in [1.165, 1.54) is 6.07 Å². The number of benzene rings is 2. The lowest BCUT2D eigenvalue weighted by molar-refractivity contribution is -0.385. The van der Waals surface area contributed by atoms with Crippen LogP contribution in [0.1, 0.15) is 23.6 Å². The first kappa shape index (κ1) is 33.5. The Hall–Kier alpha value is -2.97. The van der Waals surface area contributed by atoms with E-state index in [2.05, 4.69) is 4.90 Å². The van der Waals surface area contributed by atoms with Gasteiger partial charge in [-0.3, -0.25) is 19.8 Å². The van der Waals surface area contributed by atoms with Gasteiger partial charge >= 0.3 is 0 Å². The summed E-state index contributed by atoms with van der Waals surface area (Å²) in [6.07, 6.45) is 0.936. The predicted molar refractivity (Wildman–Crippen MR) is 155 cm³/mol. The third kappa shape index (κ3) is 11.7. The molecule has 0 aliphatic carbocycles. The van der Waals surface area contributed by atoms with Crippen molar-refractivity contribution >= 4 is 11.6 Å². The van der Waals surface area contributed by atoms with Crippen molar-refractivity contribution in [3.05, 3.63) is 75.8 Å². The van der Waals surface area contributed by atoms with E-state index in [0.29, 0.717) is 65.0 Å². The maximum Gasteiger partial charge on any atom is 0.273 e. The number of aliphatic hydroxyl groups is 1. The third-order valence-electron chi connectivity index (χ3n) is 7.02. The second-order valence-electron chi connectivity index (χ2n) is 9.91. The van der Waals surface area contributed by atoms with Crippen LogP contribution in [0.2, 0.25) is 0 Å². The van der Waals surface area contributed by atoms with Gasteiger partial charge in [0.1, 0.15) is 6.79 Å². The van der Waals surface area contributed by atoms with Crippen LogP contribution in [0.25, 0.3) is 0 Å². The fourth-order valence-electron chi connectivity index (χ4n) is 4.77. The predicted octanol–water partition coefficient (Wildman–Crippen LogP) is 2.44. The minimum Gasteiger partial charge on any atom is -0.377 e. The quantitative estimate of drug-likeness (QED) is 0.100. The van der Waals surface area contributed by atoms with Crippen molar-refractivity contribution < 1.29 is 38.5 Å². The number of hydrogen-bond acceptors (Lipinski definition) is 10. The van der Waals surface area contributed by atoms with Gasteiger partial charge in [0.25, 0.3) is 5.69 Å². The van der Waals surface area contributed by atoms with Crippen LogP contribution in [0.3, 0.4) is 0 Å². The Balaban J connectivity index is 1.39. The molecular formula is C30H43N3O9. The zero-order valence-corrected chi connectivity index (χ0v) is 24.3. The Morgan fingerprint density at radius 1 is 0.952 bits per heavy atom. The van der Waals surface area contributed by atoms with Crippen molar-refractivity contribution in [3.63, 3.8) is 0 Å². The minimum absolute atomic E-state index is 0.0393. The molecule has 1 saturated heterocycles. The summed E-state index contributed by atoms with van der Waals surface area (Å²) in [7, 11) is 1.77. The monoisotopic (exact) mass is 589 g/mol. The van der Waals surface area contributed by atoms with Crippen molar-refractivity contribution in [1.29, 1.82) is 0 Å². The molecule has 232 valence electrons. The molecular weight excluding hydrogens is 546 g/mol. The number of rotatable bonds is 21. The average Bonchev–Trinajstić information content (AvgIpc) is 3.45. The fourth-order valence-corrected chi connectivity index (χ4v) is 4.77. The van der Waals surface area contributed by atoms with E-state index in [9.17, 15) is 14.9 Å².